The van der Waals surface area contributed by atoms with Gasteiger partial charge in [0.25, 0.3) is 5.91 Å². The molecule has 2 amide bonds. The van der Waals surface area contributed by atoms with Crippen molar-refractivity contribution in [1.82, 2.24) is 5.32 Å². The van der Waals surface area contributed by atoms with Crippen LogP contribution in [0.15, 0.2) is 39.7 Å². The fourth-order valence-electron chi connectivity index (χ4n) is 2.86. The molecule has 0 saturated heterocycles. The largest absolute Gasteiger partial charge is 0.387 e. The zero-order chi connectivity index (χ0) is 23.3. The Hall–Kier alpha value is -1.43. The number of hydrogen-bond donors (Lipinski definition) is 5. The number of carbonyl (C=O) groups excluding carboxylic acids is 2. The lowest BCUT2D eigenvalue weighted by Crippen LogP contribution is -2.55. The lowest BCUT2D eigenvalue weighted by molar-refractivity contribution is -0.150. The highest BCUT2D eigenvalue weighted by Crippen LogP contribution is 2.36. The summed E-state index contributed by atoms with van der Waals surface area (Å²) < 4.78 is 5.90. The van der Waals surface area contributed by atoms with E-state index in [0.29, 0.717) is 5.69 Å². The second kappa shape index (κ2) is 10.9. The lowest BCUT2D eigenvalue weighted by Gasteiger charge is -2.28. The number of aliphatic hydroxyl groups is 3. The molecule has 0 saturated carbocycles. The molecule has 5 N–H and O–H groups in total. The van der Waals surface area contributed by atoms with E-state index < -0.39 is 42.3 Å². The van der Waals surface area contributed by atoms with Crippen LogP contribution in [0.25, 0.3) is 0 Å². The Morgan fingerprint density at radius 1 is 1.32 bits per heavy atom. The van der Waals surface area contributed by atoms with E-state index in [1.54, 1.807) is 18.2 Å². The molecule has 31 heavy (non-hydrogen) atoms. The average Bonchev–Trinajstić information content (AvgIpc) is 2.85. The number of anilines is 1. The van der Waals surface area contributed by atoms with Crippen molar-refractivity contribution in [3.05, 3.63) is 34.8 Å². The first-order chi connectivity index (χ1) is 14.4. The summed E-state index contributed by atoms with van der Waals surface area (Å²) in [6.07, 6.45) is -3.20. The molecule has 0 radical (unpaired) electrons. The van der Waals surface area contributed by atoms with Crippen LogP contribution >= 0.6 is 27.7 Å². The summed E-state index contributed by atoms with van der Waals surface area (Å²) in [5.74, 6) is -0.915. The van der Waals surface area contributed by atoms with Crippen molar-refractivity contribution in [1.29, 1.82) is 0 Å². The van der Waals surface area contributed by atoms with Crippen molar-refractivity contribution in [2.45, 2.75) is 56.1 Å². The maximum absolute atomic E-state index is 12.7. The molecule has 10 heteroatoms. The van der Waals surface area contributed by atoms with Gasteiger partial charge in [0.05, 0.1) is 5.69 Å². The quantitative estimate of drug-likeness (QED) is 0.348. The van der Waals surface area contributed by atoms with Gasteiger partial charge >= 0.3 is 0 Å². The van der Waals surface area contributed by atoms with Crippen molar-refractivity contribution in [2.24, 2.45) is 5.41 Å². The maximum atomic E-state index is 12.7. The van der Waals surface area contributed by atoms with Crippen molar-refractivity contribution in [3.63, 3.8) is 0 Å². The van der Waals surface area contributed by atoms with Crippen molar-refractivity contribution in [2.75, 3.05) is 18.2 Å². The van der Waals surface area contributed by atoms with Gasteiger partial charge in [0.2, 0.25) is 5.91 Å². The van der Waals surface area contributed by atoms with Gasteiger partial charge in [-0.3, -0.25) is 9.59 Å². The summed E-state index contributed by atoms with van der Waals surface area (Å²) in [5.41, 5.74) is 0.398. The van der Waals surface area contributed by atoms with Gasteiger partial charge in [-0.15, -0.1) is 11.8 Å². The number of allylic oxidation sites excluding steroid dienone is 1. The summed E-state index contributed by atoms with van der Waals surface area (Å²) in [7, 11) is 1.20. The van der Waals surface area contributed by atoms with Crippen LogP contribution in [0.4, 0.5) is 5.69 Å². The normalized spacial score (nSPS) is 20.9. The predicted molar refractivity (Wildman–Crippen MR) is 123 cm³/mol. The first-order valence-electron chi connectivity index (χ1n) is 9.73. The van der Waals surface area contributed by atoms with E-state index >= 15 is 0 Å². The number of nitrogens with one attached hydrogen (secondary N) is 2. The zero-order valence-electron chi connectivity index (χ0n) is 17.8. The van der Waals surface area contributed by atoms with E-state index in [1.165, 1.54) is 24.9 Å². The number of hydrogen-bond acceptors (Lipinski definition) is 7. The third-order valence-corrected chi connectivity index (χ3v) is 6.72. The number of rotatable bonds is 7. The summed E-state index contributed by atoms with van der Waals surface area (Å²) in [6, 6.07) is 4.53. The van der Waals surface area contributed by atoms with Gasteiger partial charge in [0, 0.05) is 22.2 Å². The van der Waals surface area contributed by atoms with Crippen LogP contribution in [0.1, 0.15) is 20.8 Å². The summed E-state index contributed by atoms with van der Waals surface area (Å²) in [6.45, 7) is 5.74. The van der Waals surface area contributed by atoms with Crippen LogP contribution in [0, 0.1) is 5.41 Å². The van der Waals surface area contributed by atoms with Gasteiger partial charge in [-0.2, -0.15) is 0 Å². The molecular weight excluding hydrogens is 488 g/mol. The van der Waals surface area contributed by atoms with E-state index in [-0.39, 0.29) is 11.2 Å². The minimum absolute atomic E-state index is 0.235. The Morgan fingerprint density at radius 2 is 2.00 bits per heavy atom. The Labute approximate surface area is 194 Å². The van der Waals surface area contributed by atoms with Gasteiger partial charge in [-0.25, -0.2) is 0 Å². The number of benzene rings is 1. The molecule has 0 bridgehead atoms. The highest BCUT2D eigenvalue weighted by Gasteiger charge is 2.37. The molecule has 1 heterocycles. The van der Waals surface area contributed by atoms with Crippen molar-refractivity contribution < 1.29 is 29.6 Å². The first-order valence-corrected chi connectivity index (χ1v) is 11.5. The van der Waals surface area contributed by atoms with Gasteiger partial charge < -0.3 is 30.7 Å². The highest BCUT2D eigenvalue weighted by atomic mass is 79.9. The van der Waals surface area contributed by atoms with E-state index in [2.05, 4.69) is 26.6 Å². The minimum atomic E-state index is -1.71. The average molecular weight is 517 g/mol. The molecule has 0 aliphatic carbocycles. The number of ether oxygens (including phenoxy) is 1. The molecular formula is C21H29BrN2O6S. The molecule has 2 rings (SSSR count). The van der Waals surface area contributed by atoms with Gasteiger partial charge in [0.15, 0.2) is 6.10 Å². The maximum Gasteiger partial charge on any atom is 0.252 e. The van der Waals surface area contributed by atoms with Crippen LogP contribution in [0.5, 0.6) is 0 Å². The van der Waals surface area contributed by atoms with E-state index in [4.69, 9.17) is 4.74 Å². The van der Waals surface area contributed by atoms with E-state index in [1.807, 2.05) is 26.8 Å². The predicted octanol–water partition coefficient (Wildman–Crippen LogP) is 1.68. The Bertz CT molecular complexity index is 829. The molecule has 172 valence electrons. The number of amides is 2. The van der Waals surface area contributed by atoms with E-state index in [9.17, 15) is 24.9 Å². The standard InChI is InChI=1S/C21H29BrN2O6S/c1-21(2,3)9-8-14(25)15(26)16(27)17(30-4)20(29)24-13-10-31-18-11(22)6-5-7-12(18)23-19(13)28/h5-9,13-17,25-27H,10H2,1-4H3,(H,23,28)(H,24,29)/b9-8+/t13-,14+,15+,16-,17+/m1/s1. The molecule has 5 atom stereocenters. The van der Waals surface area contributed by atoms with Crippen LogP contribution in [-0.4, -0.2) is 70.5 Å². The summed E-state index contributed by atoms with van der Waals surface area (Å²) >= 11 is 4.84. The van der Waals surface area contributed by atoms with Crippen LogP contribution in [-0.2, 0) is 14.3 Å². The SMILES string of the molecule is CO[C@H](C(=O)N[C@@H]1CSc2c(Br)cccc2NC1=O)[C@H](O)[C@@H](O)[C@@H](O)/C=C/C(C)(C)C. The molecule has 0 fully saturated rings. The lowest BCUT2D eigenvalue weighted by atomic mass is 9.94. The number of methoxy groups -OCH3 is 1. The summed E-state index contributed by atoms with van der Waals surface area (Å²) in [4.78, 5) is 26.1. The number of aliphatic hydroxyl groups excluding tert-OH is 3. The second-order valence-electron chi connectivity index (χ2n) is 8.33. The molecule has 0 unspecified atom stereocenters. The number of halogens is 1. The van der Waals surface area contributed by atoms with Crippen LogP contribution in [0.2, 0.25) is 0 Å². The molecule has 8 nitrogen and oxygen atoms in total. The molecule has 1 aliphatic rings. The fraction of sp³-hybridized carbons (Fsp3) is 0.524. The third-order valence-electron chi connectivity index (χ3n) is 4.57. The Balaban J connectivity index is 2.06. The third kappa shape index (κ3) is 7.03. The van der Waals surface area contributed by atoms with Crippen molar-refractivity contribution in [3.8, 4) is 0 Å². The zero-order valence-corrected chi connectivity index (χ0v) is 20.2. The fourth-order valence-corrected chi connectivity index (χ4v) is 4.62. The molecule has 0 aromatic heterocycles. The van der Waals surface area contributed by atoms with Crippen molar-refractivity contribution >= 4 is 45.2 Å². The first kappa shape index (κ1) is 25.8. The Morgan fingerprint density at radius 3 is 2.61 bits per heavy atom. The van der Waals surface area contributed by atoms with Crippen LogP contribution < -0.4 is 10.6 Å². The highest BCUT2D eigenvalue weighted by molar-refractivity contribution is 9.10. The van der Waals surface area contributed by atoms with E-state index in [0.717, 1.165) is 9.37 Å². The molecule has 1 aromatic carbocycles. The van der Waals surface area contributed by atoms with Gasteiger partial charge in [0.1, 0.15) is 24.4 Å². The minimum Gasteiger partial charge on any atom is -0.387 e. The molecule has 0 spiro atoms. The molecule has 1 aromatic rings. The Kier molecular flexibility index (Phi) is 9.11. The number of carbonyl (C=O) groups is 2. The van der Waals surface area contributed by atoms with Gasteiger partial charge in [-0.05, 0) is 33.5 Å². The molecule has 1 aliphatic heterocycles. The number of thioether (sulfide) groups is 1. The number of fused-ring (bicyclic) bond motifs is 1. The van der Waals surface area contributed by atoms with Crippen LogP contribution in [0.3, 0.4) is 0 Å². The summed E-state index contributed by atoms with van der Waals surface area (Å²) in [5, 5.41) is 36.2. The smallest absolute Gasteiger partial charge is 0.252 e. The monoisotopic (exact) mass is 516 g/mol. The second-order valence-corrected chi connectivity index (χ2v) is 10.2. The topological polar surface area (TPSA) is 128 Å². The van der Waals surface area contributed by atoms with Gasteiger partial charge in [-0.1, -0.05) is 39.0 Å².